The smallest absolute Gasteiger partial charge is 0.264 e. The van der Waals surface area contributed by atoms with Gasteiger partial charge in [-0.2, -0.15) is 0 Å². The van der Waals surface area contributed by atoms with Crippen molar-refractivity contribution >= 4 is 28.4 Å². The van der Waals surface area contributed by atoms with Crippen molar-refractivity contribution < 1.29 is 18.0 Å². The van der Waals surface area contributed by atoms with Gasteiger partial charge in [-0.3, -0.25) is 18.1 Å². The summed E-state index contributed by atoms with van der Waals surface area (Å²) >= 11 is -1.80. The molecule has 1 aliphatic heterocycles. The molecule has 0 spiro atoms. The van der Waals surface area contributed by atoms with Crippen molar-refractivity contribution in [3.63, 3.8) is 0 Å². The van der Waals surface area contributed by atoms with E-state index < -0.39 is 34.8 Å². The Balaban J connectivity index is 1.60. The monoisotopic (exact) mass is 393 g/mol. The first-order valence-corrected chi connectivity index (χ1v) is 10.0. The maximum Gasteiger partial charge on any atom is 0.264 e. The fourth-order valence-electron chi connectivity index (χ4n) is 3.44. The molecule has 0 aromatic heterocycles. The number of allylic oxidation sites excluding steroid dienone is 1. The van der Waals surface area contributed by atoms with Gasteiger partial charge in [0, 0.05) is 6.20 Å². The van der Waals surface area contributed by atoms with E-state index in [9.17, 15) is 13.8 Å². The number of rotatable bonds is 5. The average molecular weight is 393 g/mol. The van der Waals surface area contributed by atoms with Crippen molar-refractivity contribution in [1.29, 1.82) is 0 Å². The quantitative estimate of drug-likeness (QED) is 0.732. The van der Waals surface area contributed by atoms with Gasteiger partial charge in [0.15, 0.2) is 0 Å². The second-order valence-corrected chi connectivity index (χ2v) is 7.92. The van der Waals surface area contributed by atoms with Crippen molar-refractivity contribution in [3.05, 3.63) is 89.6 Å². The Morgan fingerprint density at radius 2 is 1.75 bits per heavy atom. The van der Waals surface area contributed by atoms with E-state index in [4.69, 9.17) is 4.18 Å². The van der Waals surface area contributed by atoms with Crippen molar-refractivity contribution in [2.75, 3.05) is 0 Å². The molecule has 2 aliphatic rings. The molecular weight excluding hydrogens is 374 g/mol. The molecule has 1 heterocycles. The van der Waals surface area contributed by atoms with Crippen LogP contribution in [0.5, 0.6) is 0 Å². The number of fused-ring (bicyclic) bond motifs is 1. The van der Waals surface area contributed by atoms with Gasteiger partial charge in [0.05, 0.1) is 18.6 Å². The van der Waals surface area contributed by atoms with Crippen LogP contribution in [0.1, 0.15) is 16.7 Å². The standard InChI is InChI=1S/C22H19NO4S/c1-15-7-9-16(10-8-15)14-27-28(26)23-13-18(17-5-3-2-4-6-17)21-19(23)11-12-20(24)22(21)25/h2-13,19,21H,14H2,1H3. The van der Waals surface area contributed by atoms with Crippen molar-refractivity contribution in [1.82, 2.24) is 4.31 Å². The fourth-order valence-corrected chi connectivity index (χ4v) is 4.39. The molecule has 4 rings (SSSR count). The summed E-state index contributed by atoms with van der Waals surface area (Å²) in [5.74, 6) is -1.69. The third-order valence-corrected chi connectivity index (χ3v) is 5.95. The van der Waals surface area contributed by atoms with Crippen LogP contribution in [0.3, 0.4) is 0 Å². The molecule has 0 N–H and O–H groups in total. The molecule has 142 valence electrons. The SMILES string of the molecule is Cc1ccc(COS(=O)N2C=C(c3ccccc3)C3C(=O)C(=O)C=CC32)cc1. The fraction of sp³-hybridized carbons (Fsp3) is 0.182. The zero-order valence-electron chi connectivity index (χ0n) is 15.3. The molecule has 0 fully saturated rings. The van der Waals surface area contributed by atoms with Crippen LogP contribution in [-0.2, 0) is 31.6 Å². The Morgan fingerprint density at radius 1 is 1.04 bits per heavy atom. The van der Waals surface area contributed by atoms with E-state index >= 15 is 0 Å². The minimum atomic E-state index is -1.80. The van der Waals surface area contributed by atoms with E-state index in [0.717, 1.165) is 16.7 Å². The van der Waals surface area contributed by atoms with E-state index in [1.54, 1.807) is 12.3 Å². The Morgan fingerprint density at radius 3 is 2.46 bits per heavy atom. The summed E-state index contributed by atoms with van der Waals surface area (Å²) in [6.45, 7) is 2.18. The van der Waals surface area contributed by atoms with E-state index in [0.29, 0.717) is 5.57 Å². The van der Waals surface area contributed by atoms with Crippen LogP contribution in [-0.4, -0.2) is 26.1 Å². The van der Waals surface area contributed by atoms with Gasteiger partial charge in [-0.05, 0) is 29.7 Å². The second kappa shape index (κ2) is 7.66. The normalized spacial score (nSPS) is 22.2. The molecule has 0 saturated carbocycles. The lowest BCUT2D eigenvalue weighted by molar-refractivity contribution is -0.136. The van der Waals surface area contributed by atoms with Crippen molar-refractivity contribution in [3.8, 4) is 0 Å². The highest BCUT2D eigenvalue weighted by Crippen LogP contribution is 2.39. The first-order chi connectivity index (χ1) is 13.5. The van der Waals surface area contributed by atoms with Gasteiger partial charge >= 0.3 is 0 Å². The van der Waals surface area contributed by atoms with Gasteiger partial charge in [0.25, 0.3) is 11.3 Å². The van der Waals surface area contributed by atoms with Gasteiger partial charge in [-0.1, -0.05) is 66.2 Å². The van der Waals surface area contributed by atoms with Crippen LogP contribution in [0.4, 0.5) is 0 Å². The van der Waals surface area contributed by atoms with Crippen molar-refractivity contribution in [2.24, 2.45) is 5.92 Å². The average Bonchev–Trinajstić information content (AvgIpc) is 3.11. The van der Waals surface area contributed by atoms with E-state index in [-0.39, 0.29) is 6.61 Å². The lowest BCUT2D eigenvalue weighted by Crippen LogP contribution is -2.41. The summed E-state index contributed by atoms with van der Waals surface area (Å²) in [6.07, 6.45) is 4.57. The number of nitrogens with zero attached hydrogens (tertiary/aromatic N) is 1. The van der Waals surface area contributed by atoms with Crippen LogP contribution < -0.4 is 0 Å². The summed E-state index contributed by atoms with van der Waals surface area (Å²) in [5, 5.41) is 0. The maximum atomic E-state index is 12.8. The Labute approximate surface area is 166 Å². The number of hydrogen-bond donors (Lipinski definition) is 0. The Kier molecular flexibility index (Phi) is 5.07. The molecule has 28 heavy (non-hydrogen) atoms. The van der Waals surface area contributed by atoms with Crippen LogP contribution in [0.2, 0.25) is 0 Å². The lowest BCUT2D eigenvalue weighted by atomic mass is 9.82. The van der Waals surface area contributed by atoms with Crippen LogP contribution in [0.25, 0.3) is 5.57 Å². The topological polar surface area (TPSA) is 63.7 Å². The van der Waals surface area contributed by atoms with Crippen molar-refractivity contribution in [2.45, 2.75) is 19.6 Å². The summed E-state index contributed by atoms with van der Waals surface area (Å²) in [4.78, 5) is 24.5. The summed E-state index contributed by atoms with van der Waals surface area (Å²) < 4.78 is 19.9. The largest absolute Gasteiger partial charge is 0.290 e. The number of ketones is 2. The number of carbonyl (C=O) groups is 2. The minimum absolute atomic E-state index is 0.186. The van der Waals surface area contributed by atoms with Gasteiger partial charge in [-0.25, -0.2) is 4.21 Å². The zero-order chi connectivity index (χ0) is 19.7. The highest BCUT2D eigenvalue weighted by molar-refractivity contribution is 7.77. The Bertz CT molecular complexity index is 995. The lowest BCUT2D eigenvalue weighted by Gasteiger charge is -2.27. The Hall–Kier alpha value is -2.83. The third kappa shape index (κ3) is 3.48. The molecule has 2 aromatic carbocycles. The highest BCUT2D eigenvalue weighted by Gasteiger charge is 2.45. The molecule has 6 heteroatoms. The number of hydrogen-bond acceptors (Lipinski definition) is 4. The van der Waals surface area contributed by atoms with Crippen LogP contribution in [0, 0.1) is 12.8 Å². The molecule has 0 amide bonds. The first kappa shape index (κ1) is 18.5. The minimum Gasteiger partial charge on any atom is -0.290 e. The van der Waals surface area contributed by atoms with E-state index in [1.807, 2.05) is 61.5 Å². The van der Waals surface area contributed by atoms with Gasteiger partial charge in [-0.15, -0.1) is 0 Å². The molecule has 1 aliphatic carbocycles. The van der Waals surface area contributed by atoms with Crippen LogP contribution in [0.15, 0.2) is 72.9 Å². The number of Topliss-reactive ketones (excluding diaryl/α,β-unsaturated/α-hetero) is 1. The van der Waals surface area contributed by atoms with Crippen LogP contribution >= 0.6 is 0 Å². The molecule has 2 aromatic rings. The van der Waals surface area contributed by atoms with Gasteiger partial charge in [0.1, 0.15) is 0 Å². The molecule has 3 unspecified atom stereocenters. The van der Waals surface area contributed by atoms with E-state index in [1.165, 1.54) is 10.4 Å². The highest BCUT2D eigenvalue weighted by atomic mass is 32.2. The molecule has 0 saturated heterocycles. The molecular formula is C22H19NO4S. The summed E-state index contributed by atoms with van der Waals surface area (Å²) in [5.41, 5.74) is 3.55. The predicted molar refractivity (Wildman–Crippen MR) is 107 cm³/mol. The predicted octanol–water partition coefficient (Wildman–Crippen LogP) is 3.14. The zero-order valence-corrected chi connectivity index (χ0v) is 16.1. The number of aryl methyl sites for hydroxylation is 1. The molecule has 5 nitrogen and oxygen atoms in total. The number of benzene rings is 2. The van der Waals surface area contributed by atoms with Gasteiger partial charge < -0.3 is 0 Å². The molecule has 0 radical (unpaired) electrons. The second-order valence-electron chi connectivity index (χ2n) is 6.83. The van der Waals surface area contributed by atoms with Gasteiger partial charge in [0.2, 0.25) is 11.6 Å². The number of carbonyl (C=O) groups excluding carboxylic acids is 2. The molecule has 3 atom stereocenters. The van der Waals surface area contributed by atoms with E-state index in [2.05, 4.69) is 0 Å². The molecule has 0 bridgehead atoms. The maximum absolute atomic E-state index is 12.8. The summed E-state index contributed by atoms with van der Waals surface area (Å²) in [6, 6.07) is 16.6. The first-order valence-electron chi connectivity index (χ1n) is 8.97. The summed E-state index contributed by atoms with van der Waals surface area (Å²) in [7, 11) is 0. The third-order valence-electron chi connectivity index (χ3n) is 4.93.